The van der Waals surface area contributed by atoms with E-state index in [1.165, 1.54) is 0 Å². The van der Waals surface area contributed by atoms with E-state index in [2.05, 4.69) is 4.74 Å². The molecular weight excluding hydrogens is 271 g/mol. The van der Waals surface area contributed by atoms with E-state index in [1.54, 1.807) is 0 Å². The molecular formula is C10H8F3NO5. The first kappa shape index (κ1) is 14.7. The quantitative estimate of drug-likeness (QED) is 0.660. The summed E-state index contributed by atoms with van der Waals surface area (Å²) in [6.45, 7) is 0. The number of benzene rings is 1. The van der Waals surface area contributed by atoms with Crippen LogP contribution in [0.3, 0.4) is 0 Å². The summed E-state index contributed by atoms with van der Waals surface area (Å²) in [4.78, 5) is 20.0. The Labute approximate surface area is 104 Å². The molecule has 0 radical (unpaired) electrons. The third-order valence-corrected chi connectivity index (χ3v) is 2.03. The summed E-state index contributed by atoms with van der Waals surface area (Å²) in [5.41, 5.74) is -0.450. The van der Waals surface area contributed by atoms with Crippen LogP contribution in [0.15, 0.2) is 24.3 Å². The third-order valence-electron chi connectivity index (χ3n) is 2.03. The van der Waals surface area contributed by atoms with Gasteiger partial charge in [-0.05, 0) is 6.07 Å². The number of rotatable bonds is 5. The number of ether oxygens (including phenoxy) is 1. The molecule has 104 valence electrons. The molecule has 9 heteroatoms. The van der Waals surface area contributed by atoms with Gasteiger partial charge in [0, 0.05) is 6.07 Å². The Kier molecular flexibility index (Phi) is 4.30. The summed E-state index contributed by atoms with van der Waals surface area (Å²) in [5, 5.41) is 18.8. The van der Waals surface area contributed by atoms with Gasteiger partial charge >= 0.3 is 12.1 Å². The zero-order valence-corrected chi connectivity index (χ0v) is 9.26. The van der Waals surface area contributed by atoms with Crippen molar-refractivity contribution >= 4 is 11.7 Å². The van der Waals surface area contributed by atoms with E-state index in [0.717, 1.165) is 24.3 Å². The number of hydrogen-bond donors (Lipinski definition) is 1. The van der Waals surface area contributed by atoms with Crippen LogP contribution in [0.25, 0.3) is 0 Å². The largest absolute Gasteiger partial charge is 0.481 e. The predicted molar refractivity (Wildman–Crippen MR) is 55.8 cm³/mol. The molecule has 0 fully saturated rings. The Morgan fingerprint density at radius 1 is 1.47 bits per heavy atom. The number of aliphatic carboxylic acids is 1. The third kappa shape index (κ3) is 4.45. The van der Waals surface area contributed by atoms with Gasteiger partial charge in [-0.3, -0.25) is 14.9 Å². The molecule has 0 aromatic heterocycles. The van der Waals surface area contributed by atoms with Crippen LogP contribution >= 0.6 is 0 Å². The van der Waals surface area contributed by atoms with Crippen molar-refractivity contribution in [3.05, 3.63) is 34.4 Å². The molecule has 0 amide bonds. The average molecular weight is 279 g/mol. The number of carboxylic acids is 1. The minimum absolute atomic E-state index is 0.419. The minimum Gasteiger partial charge on any atom is -0.481 e. The summed E-state index contributed by atoms with van der Waals surface area (Å²) in [5.74, 6) is -2.11. The Bertz CT molecular complexity index is 488. The lowest BCUT2D eigenvalue weighted by Gasteiger charge is -2.20. The maximum absolute atomic E-state index is 12.5. The van der Waals surface area contributed by atoms with Crippen molar-refractivity contribution in [2.45, 2.75) is 18.7 Å². The minimum atomic E-state index is -4.89. The zero-order chi connectivity index (χ0) is 14.6. The molecule has 0 aliphatic heterocycles. The van der Waals surface area contributed by atoms with Gasteiger partial charge in [-0.1, -0.05) is 6.07 Å². The van der Waals surface area contributed by atoms with Crippen molar-refractivity contribution in [3.63, 3.8) is 0 Å². The van der Waals surface area contributed by atoms with Gasteiger partial charge in [0.05, 0.1) is 17.4 Å². The van der Waals surface area contributed by atoms with Crippen molar-refractivity contribution in [2.75, 3.05) is 0 Å². The molecule has 19 heavy (non-hydrogen) atoms. The van der Waals surface area contributed by atoms with E-state index in [4.69, 9.17) is 5.11 Å². The first-order valence-electron chi connectivity index (χ1n) is 4.90. The standard InChI is InChI=1S/C10H8F3NO5/c11-10(12,13)8(5-9(15)16)19-7-3-1-2-6(4-7)14(17)18/h1-4,8H,5H2,(H,15,16). The molecule has 1 N–H and O–H groups in total. The van der Waals surface area contributed by atoms with E-state index in [1.807, 2.05) is 0 Å². The number of nitro benzene ring substituents is 1. The number of alkyl halides is 3. The number of halogens is 3. The molecule has 1 atom stereocenters. The van der Waals surface area contributed by atoms with Crippen LogP contribution in [0.1, 0.15) is 6.42 Å². The van der Waals surface area contributed by atoms with Gasteiger partial charge in [-0.2, -0.15) is 13.2 Å². The van der Waals surface area contributed by atoms with E-state index in [9.17, 15) is 28.1 Å². The molecule has 1 rings (SSSR count). The maximum Gasteiger partial charge on any atom is 0.425 e. The Hall–Kier alpha value is -2.32. The topological polar surface area (TPSA) is 89.7 Å². The second-order valence-corrected chi connectivity index (χ2v) is 3.50. The van der Waals surface area contributed by atoms with E-state index < -0.39 is 41.0 Å². The Morgan fingerprint density at radius 3 is 2.58 bits per heavy atom. The van der Waals surface area contributed by atoms with Crippen molar-refractivity contribution < 1.29 is 32.7 Å². The number of carboxylic acid groups (broad SMARTS) is 1. The fraction of sp³-hybridized carbons (Fsp3) is 0.300. The highest BCUT2D eigenvalue weighted by atomic mass is 19.4. The van der Waals surface area contributed by atoms with Crippen molar-refractivity contribution in [3.8, 4) is 5.75 Å². The first-order chi connectivity index (χ1) is 8.70. The van der Waals surface area contributed by atoms with Crippen LogP contribution in [0.5, 0.6) is 5.75 Å². The highest BCUT2D eigenvalue weighted by Crippen LogP contribution is 2.28. The maximum atomic E-state index is 12.5. The number of nitrogens with zero attached hydrogens (tertiary/aromatic N) is 1. The molecule has 0 saturated heterocycles. The Balaban J connectivity index is 2.93. The molecule has 0 heterocycles. The molecule has 0 bridgehead atoms. The molecule has 6 nitrogen and oxygen atoms in total. The van der Waals surface area contributed by atoms with Crippen LogP contribution in [0.2, 0.25) is 0 Å². The van der Waals surface area contributed by atoms with Crippen molar-refractivity contribution in [1.29, 1.82) is 0 Å². The number of nitro groups is 1. The van der Waals surface area contributed by atoms with Crippen LogP contribution in [-0.4, -0.2) is 28.3 Å². The van der Waals surface area contributed by atoms with Crippen molar-refractivity contribution in [2.24, 2.45) is 0 Å². The molecule has 0 aliphatic rings. The van der Waals surface area contributed by atoms with E-state index in [0.29, 0.717) is 0 Å². The molecule has 1 unspecified atom stereocenters. The summed E-state index contributed by atoms with van der Waals surface area (Å²) in [6, 6.07) is 4.09. The second-order valence-electron chi connectivity index (χ2n) is 3.50. The fourth-order valence-electron chi connectivity index (χ4n) is 1.22. The first-order valence-corrected chi connectivity index (χ1v) is 4.90. The average Bonchev–Trinajstić information content (AvgIpc) is 2.26. The number of carbonyl (C=O) groups is 1. The van der Waals surface area contributed by atoms with Gasteiger partial charge in [0.15, 0.2) is 0 Å². The fourth-order valence-corrected chi connectivity index (χ4v) is 1.22. The van der Waals surface area contributed by atoms with Gasteiger partial charge < -0.3 is 9.84 Å². The predicted octanol–water partition coefficient (Wildman–Crippen LogP) is 2.38. The smallest absolute Gasteiger partial charge is 0.425 e. The molecule has 0 aliphatic carbocycles. The van der Waals surface area contributed by atoms with Gasteiger partial charge in [-0.25, -0.2) is 0 Å². The Morgan fingerprint density at radius 2 is 2.11 bits per heavy atom. The van der Waals surface area contributed by atoms with Crippen molar-refractivity contribution in [1.82, 2.24) is 0 Å². The van der Waals surface area contributed by atoms with Gasteiger partial charge in [-0.15, -0.1) is 0 Å². The van der Waals surface area contributed by atoms with E-state index in [-0.39, 0.29) is 0 Å². The highest BCUT2D eigenvalue weighted by molar-refractivity contribution is 5.67. The van der Waals surface area contributed by atoms with Crippen LogP contribution in [0, 0.1) is 10.1 Å². The van der Waals surface area contributed by atoms with Gasteiger partial charge in [0.25, 0.3) is 5.69 Å². The lowest BCUT2D eigenvalue weighted by molar-refractivity contribution is -0.385. The molecule has 0 saturated carbocycles. The zero-order valence-electron chi connectivity index (χ0n) is 9.26. The molecule has 0 spiro atoms. The van der Waals surface area contributed by atoms with Crippen LogP contribution in [0.4, 0.5) is 18.9 Å². The lowest BCUT2D eigenvalue weighted by Crippen LogP contribution is -2.36. The summed E-state index contributed by atoms with van der Waals surface area (Å²) >= 11 is 0. The summed E-state index contributed by atoms with van der Waals surface area (Å²) in [7, 11) is 0. The lowest BCUT2D eigenvalue weighted by atomic mass is 10.2. The van der Waals surface area contributed by atoms with E-state index >= 15 is 0 Å². The SMILES string of the molecule is O=C(O)CC(Oc1cccc([N+](=O)[O-])c1)C(F)(F)F. The highest BCUT2D eigenvalue weighted by Gasteiger charge is 2.43. The number of hydrogen-bond acceptors (Lipinski definition) is 4. The van der Waals surface area contributed by atoms with Gasteiger partial charge in [0.1, 0.15) is 5.75 Å². The molecule has 1 aromatic carbocycles. The number of non-ortho nitro benzene ring substituents is 1. The van der Waals surface area contributed by atoms with Crippen LogP contribution in [-0.2, 0) is 4.79 Å². The van der Waals surface area contributed by atoms with Gasteiger partial charge in [0.2, 0.25) is 6.10 Å². The van der Waals surface area contributed by atoms with Crippen LogP contribution < -0.4 is 4.74 Å². The molecule has 1 aromatic rings. The summed E-state index contributed by atoms with van der Waals surface area (Å²) < 4.78 is 42.0. The summed E-state index contributed by atoms with van der Waals surface area (Å²) in [6.07, 6.45) is -8.73. The monoisotopic (exact) mass is 279 g/mol. The second kappa shape index (κ2) is 5.55. The normalized spacial score (nSPS) is 12.8.